The van der Waals surface area contributed by atoms with Gasteiger partial charge in [0.25, 0.3) is 0 Å². The minimum Gasteiger partial charge on any atom is -0.373 e. The van der Waals surface area contributed by atoms with Gasteiger partial charge in [0.15, 0.2) is 0 Å². The number of hydrogen-bond acceptors (Lipinski definition) is 2. The Hall–Kier alpha value is -1.02. The summed E-state index contributed by atoms with van der Waals surface area (Å²) in [5.41, 5.74) is 10.3. The van der Waals surface area contributed by atoms with Crippen molar-refractivity contribution in [3.8, 4) is 0 Å². The number of anilines is 1. The quantitative estimate of drug-likeness (QED) is 0.799. The predicted octanol–water partition coefficient (Wildman–Crippen LogP) is 2.13. The summed E-state index contributed by atoms with van der Waals surface area (Å²) >= 11 is 0. The Bertz CT molecular complexity index is 358. The van der Waals surface area contributed by atoms with Gasteiger partial charge in [0.1, 0.15) is 0 Å². The second-order valence-electron chi connectivity index (χ2n) is 4.55. The van der Waals surface area contributed by atoms with E-state index in [1.165, 1.54) is 16.8 Å². The number of nitrogens with two attached hydrogens (primary N) is 1. The largest absolute Gasteiger partial charge is 0.373 e. The standard InChI is InChI=1S/C13H20N2/c1-4-10-6-5-7-11-12(9(2)14)8-15(3)13(10)11/h5-7,9,12H,4,8,14H2,1-3H3. The molecule has 0 radical (unpaired) electrons. The summed E-state index contributed by atoms with van der Waals surface area (Å²) in [5.74, 6) is 0.497. The number of rotatable bonds is 2. The summed E-state index contributed by atoms with van der Waals surface area (Å²) in [6.07, 6.45) is 1.10. The summed E-state index contributed by atoms with van der Waals surface area (Å²) in [7, 11) is 2.17. The first-order chi connectivity index (χ1) is 7.15. The van der Waals surface area contributed by atoms with Gasteiger partial charge in [0, 0.05) is 31.2 Å². The van der Waals surface area contributed by atoms with Crippen LogP contribution in [0.25, 0.3) is 0 Å². The number of benzene rings is 1. The highest BCUT2D eigenvalue weighted by atomic mass is 15.1. The monoisotopic (exact) mass is 204 g/mol. The smallest absolute Gasteiger partial charge is 0.0432 e. The molecule has 0 spiro atoms. The van der Waals surface area contributed by atoms with Gasteiger partial charge in [-0.05, 0) is 24.5 Å². The number of aryl methyl sites for hydroxylation is 1. The molecule has 0 saturated heterocycles. The van der Waals surface area contributed by atoms with Crippen LogP contribution in [0.3, 0.4) is 0 Å². The molecule has 15 heavy (non-hydrogen) atoms. The van der Waals surface area contributed by atoms with Gasteiger partial charge in [-0.15, -0.1) is 0 Å². The van der Waals surface area contributed by atoms with Gasteiger partial charge in [0.2, 0.25) is 0 Å². The SMILES string of the molecule is CCc1cccc2c1N(C)CC2C(C)N. The predicted molar refractivity (Wildman–Crippen MR) is 65.5 cm³/mol. The Morgan fingerprint density at radius 2 is 2.27 bits per heavy atom. The molecule has 2 atom stereocenters. The minimum absolute atomic E-state index is 0.237. The van der Waals surface area contributed by atoms with Crippen LogP contribution in [0.2, 0.25) is 0 Å². The van der Waals surface area contributed by atoms with Crippen LogP contribution in [-0.4, -0.2) is 19.6 Å². The Morgan fingerprint density at radius 1 is 1.53 bits per heavy atom. The van der Waals surface area contributed by atoms with Gasteiger partial charge < -0.3 is 10.6 Å². The van der Waals surface area contributed by atoms with Crippen molar-refractivity contribution in [2.24, 2.45) is 5.73 Å². The zero-order valence-corrected chi connectivity index (χ0v) is 9.83. The van der Waals surface area contributed by atoms with Gasteiger partial charge in [-0.1, -0.05) is 25.1 Å². The highest BCUT2D eigenvalue weighted by Gasteiger charge is 2.29. The molecule has 1 heterocycles. The van der Waals surface area contributed by atoms with E-state index >= 15 is 0 Å². The molecule has 1 aliphatic heterocycles. The van der Waals surface area contributed by atoms with E-state index in [4.69, 9.17) is 5.73 Å². The maximum atomic E-state index is 6.04. The molecule has 2 unspecified atom stereocenters. The molecular formula is C13H20N2. The van der Waals surface area contributed by atoms with Gasteiger partial charge in [0.05, 0.1) is 0 Å². The molecule has 1 aliphatic rings. The second kappa shape index (κ2) is 3.86. The highest BCUT2D eigenvalue weighted by molar-refractivity contribution is 5.65. The Balaban J connectivity index is 2.49. The molecule has 1 aromatic carbocycles. The summed E-state index contributed by atoms with van der Waals surface area (Å²) < 4.78 is 0. The van der Waals surface area contributed by atoms with Crippen LogP contribution in [0.1, 0.15) is 30.9 Å². The van der Waals surface area contributed by atoms with E-state index in [2.05, 4.69) is 44.0 Å². The fraction of sp³-hybridized carbons (Fsp3) is 0.538. The summed E-state index contributed by atoms with van der Waals surface area (Å²) in [6, 6.07) is 6.85. The van der Waals surface area contributed by atoms with E-state index in [-0.39, 0.29) is 6.04 Å². The molecule has 2 rings (SSSR count). The number of nitrogens with zero attached hydrogens (tertiary/aromatic N) is 1. The maximum Gasteiger partial charge on any atom is 0.0432 e. The van der Waals surface area contributed by atoms with E-state index in [0.29, 0.717) is 5.92 Å². The van der Waals surface area contributed by atoms with Crippen molar-refractivity contribution in [3.63, 3.8) is 0 Å². The zero-order chi connectivity index (χ0) is 11.0. The van der Waals surface area contributed by atoms with Crippen LogP contribution in [0.4, 0.5) is 5.69 Å². The van der Waals surface area contributed by atoms with Crippen molar-refractivity contribution < 1.29 is 0 Å². The fourth-order valence-electron chi connectivity index (χ4n) is 2.60. The highest BCUT2D eigenvalue weighted by Crippen LogP contribution is 2.39. The molecule has 2 nitrogen and oxygen atoms in total. The Kier molecular flexibility index (Phi) is 2.70. The first-order valence-electron chi connectivity index (χ1n) is 5.73. The van der Waals surface area contributed by atoms with E-state index in [1.807, 2.05) is 0 Å². The van der Waals surface area contributed by atoms with Crippen LogP contribution in [0.15, 0.2) is 18.2 Å². The Morgan fingerprint density at radius 3 is 2.87 bits per heavy atom. The molecule has 0 saturated carbocycles. The number of likely N-dealkylation sites (N-methyl/N-ethyl adjacent to an activating group) is 1. The third-order valence-corrected chi connectivity index (χ3v) is 3.42. The fourth-order valence-corrected chi connectivity index (χ4v) is 2.60. The van der Waals surface area contributed by atoms with Crippen molar-refractivity contribution in [2.45, 2.75) is 32.2 Å². The number of para-hydroxylation sites is 1. The van der Waals surface area contributed by atoms with Gasteiger partial charge >= 0.3 is 0 Å². The summed E-state index contributed by atoms with van der Waals surface area (Å²) in [6.45, 7) is 5.37. The number of fused-ring (bicyclic) bond motifs is 1. The van der Waals surface area contributed by atoms with Crippen molar-refractivity contribution >= 4 is 5.69 Å². The lowest BCUT2D eigenvalue weighted by Crippen LogP contribution is -2.28. The van der Waals surface area contributed by atoms with Gasteiger partial charge in [-0.2, -0.15) is 0 Å². The van der Waals surface area contributed by atoms with Crippen molar-refractivity contribution in [1.29, 1.82) is 0 Å². The summed E-state index contributed by atoms with van der Waals surface area (Å²) in [4.78, 5) is 2.35. The maximum absolute atomic E-state index is 6.04. The first kappa shape index (κ1) is 10.5. The average Bonchev–Trinajstić information content (AvgIpc) is 2.56. The van der Waals surface area contributed by atoms with E-state index in [9.17, 15) is 0 Å². The lowest BCUT2D eigenvalue weighted by Gasteiger charge is -2.16. The molecular weight excluding hydrogens is 184 g/mol. The third kappa shape index (κ3) is 1.63. The van der Waals surface area contributed by atoms with Gasteiger partial charge in [-0.25, -0.2) is 0 Å². The van der Waals surface area contributed by atoms with Crippen molar-refractivity contribution in [2.75, 3.05) is 18.5 Å². The molecule has 2 N–H and O–H groups in total. The molecule has 82 valence electrons. The molecule has 0 aromatic heterocycles. The zero-order valence-electron chi connectivity index (χ0n) is 9.83. The second-order valence-corrected chi connectivity index (χ2v) is 4.55. The number of hydrogen-bond donors (Lipinski definition) is 1. The lowest BCUT2D eigenvalue weighted by molar-refractivity contribution is 0.593. The minimum atomic E-state index is 0.237. The lowest BCUT2D eigenvalue weighted by atomic mass is 9.93. The van der Waals surface area contributed by atoms with Crippen LogP contribution in [0, 0.1) is 0 Å². The van der Waals surface area contributed by atoms with Gasteiger partial charge in [-0.3, -0.25) is 0 Å². The van der Waals surface area contributed by atoms with E-state index < -0.39 is 0 Å². The van der Waals surface area contributed by atoms with Crippen LogP contribution in [-0.2, 0) is 6.42 Å². The molecule has 2 heteroatoms. The molecule has 0 bridgehead atoms. The first-order valence-corrected chi connectivity index (χ1v) is 5.73. The topological polar surface area (TPSA) is 29.3 Å². The van der Waals surface area contributed by atoms with Crippen molar-refractivity contribution in [3.05, 3.63) is 29.3 Å². The van der Waals surface area contributed by atoms with E-state index in [1.54, 1.807) is 0 Å². The molecule has 1 aromatic rings. The summed E-state index contributed by atoms with van der Waals surface area (Å²) in [5, 5.41) is 0. The third-order valence-electron chi connectivity index (χ3n) is 3.42. The molecule has 0 amide bonds. The average molecular weight is 204 g/mol. The Labute approximate surface area is 92.1 Å². The van der Waals surface area contributed by atoms with Crippen LogP contribution >= 0.6 is 0 Å². The van der Waals surface area contributed by atoms with E-state index in [0.717, 1.165) is 13.0 Å². The van der Waals surface area contributed by atoms with Crippen LogP contribution in [0.5, 0.6) is 0 Å². The normalized spacial score (nSPS) is 21.6. The van der Waals surface area contributed by atoms with Crippen LogP contribution < -0.4 is 10.6 Å². The van der Waals surface area contributed by atoms with Crippen molar-refractivity contribution in [1.82, 2.24) is 0 Å². The molecule has 0 aliphatic carbocycles. The molecule has 0 fully saturated rings.